The van der Waals surface area contributed by atoms with Crippen LogP contribution in [0.1, 0.15) is 18.9 Å². The SMILES string of the molecule is COc1nc2ccccc2cc1CCC(C)N. The zero-order chi connectivity index (χ0) is 12.3. The lowest BCUT2D eigenvalue weighted by molar-refractivity contribution is 0.393. The number of aromatic nitrogens is 1. The highest BCUT2D eigenvalue weighted by Crippen LogP contribution is 2.23. The Morgan fingerprint density at radius 3 is 2.82 bits per heavy atom. The van der Waals surface area contributed by atoms with Crippen molar-refractivity contribution in [2.75, 3.05) is 7.11 Å². The van der Waals surface area contributed by atoms with Gasteiger partial charge in [0.05, 0.1) is 12.6 Å². The zero-order valence-corrected chi connectivity index (χ0v) is 10.3. The second-order valence-electron chi connectivity index (χ2n) is 4.37. The van der Waals surface area contributed by atoms with Crippen LogP contribution in [-0.4, -0.2) is 18.1 Å². The number of aryl methyl sites for hydroxylation is 1. The van der Waals surface area contributed by atoms with Gasteiger partial charge < -0.3 is 10.5 Å². The first-order valence-electron chi connectivity index (χ1n) is 5.89. The van der Waals surface area contributed by atoms with Crippen molar-refractivity contribution in [3.8, 4) is 5.88 Å². The fraction of sp³-hybridized carbons (Fsp3) is 0.357. The first-order chi connectivity index (χ1) is 8.20. The molecule has 0 spiro atoms. The van der Waals surface area contributed by atoms with Crippen molar-refractivity contribution in [3.05, 3.63) is 35.9 Å². The summed E-state index contributed by atoms with van der Waals surface area (Å²) in [4.78, 5) is 4.51. The second-order valence-corrected chi connectivity index (χ2v) is 4.37. The van der Waals surface area contributed by atoms with Crippen molar-refractivity contribution in [2.45, 2.75) is 25.8 Å². The third kappa shape index (κ3) is 2.74. The molecule has 2 N–H and O–H groups in total. The zero-order valence-electron chi connectivity index (χ0n) is 10.3. The van der Waals surface area contributed by atoms with Gasteiger partial charge in [-0.3, -0.25) is 0 Å². The highest BCUT2D eigenvalue weighted by atomic mass is 16.5. The van der Waals surface area contributed by atoms with Gasteiger partial charge in [0.1, 0.15) is 0 Å². The molecule has 0 bridgehead atoms. The van der Waals surface area contributed by atoms with E-state index in [1.54, 1.807) is 7.11 Å². The van der Waals surface area contributed by atoms with E-state index in [4.69, 9.17) is 10.5 Å². The molecule has 17 heavy (non-hydrogen) atoms. The minimum atomic E-state index is 0.200. The van der Waals surface area contributed by atoms with E-state index in [0.717, 1.165) is 29.3 Å². The van der Waals surface area contributed by atoms with Gasteiger partial charge in [0.25, 0.3) is 0 Å². The lowest BCUT2D eigenvalue weighted by Gasteiger charge is -2.10. The van der Waals surface area contributed by atoms with E-state index in [0.29, 0.717) is 5.88 Å². The molecule has 3 heteroatoms. The van der Waals surface area contributed by atoms with E-state index in [1.165, 1.54) is 0 Å². The normalized spacial score (nSPS) is 12.6. The van der Waals surface area contributed by atoms with Gasteiger partial charge in [0.2, 0.25) is 5.88 Å². The average molecular weight is 230 g/mol. The molecule has 0 aliphatic rings. The molecule has 0 saturated heterocycles. The van der Waals surface area contributed by atoms with Crippen LogP contribution in [0.5, 0.6) is 5.88 Å². The molecular formula is C14H18N2O. The van der Waals surface area contributed by atoms with Crippen molar-refractivity contribution in [2.24, 2.45) is 5.73 Å². The Balaban J connectivity index is 2.38. The summed E-state index contributed by atoms with van der Waals surface area (Å²) in [6, 6.07) is 10.4. The Morgan fingerprint density at radius 2 is 2.12 bits per heavy atom. The number of benzene rings is 1. The van der Waals surface area contributed by atoms with Crippen LogP contribution in [0.2, 0.25) is 0 Å². The van der Waals surface area contributed by atoms with Crippen molar-refractivity contribution >= 4 is 10.9 Å². The smallest absolute Gasteiger partial charge is 0.216 e. The maximum absolute atomic E-state index is 5.78. The summed E-state index contributed by atoms with van der Waals surface area (Å²) >= 11 is 0. The van der Waals surface area contributed by atoms with Crippen LogP contribution in [0, 0.1) is 0 Å². The maximum atomic E-state index is 5.78. The van der Waals surface area contributed by atoms with Gasteiger partial charge in [-0.05, 0) is 31.9 Å². The number of ether oxygens (including phenoxy) is 1. The molecule has 1 aromatic heterocycles. The molecule has 1 unspecified atom stereocenters. The van der Waals surface area contributed by atoms with Crippen LogP contribution in [0.3, 0.4) is 0 Å². The van der Waals surface area contributed by atoms with Gasteiger partial charge in [-0.2, -0.15) is 0 Å². The number of rotatable bonds is 4. The summed E-state index contributed by atoms with van der Waals surface area (Å²) in [5.74, 6) is 0.712. The van der Waals surface area contributed by atoms with E-state index >= 15 is 0 Å². The van der Waals surface area contributed by atoms with E-state index in [9.17, 15) is 0 Å². The molecule has 3 nitrogen and oxygen atoms in total. The number of para-hydroxylation sites is 1. The first kappa shape index (κ1) is 11.9. The fourth-order valence-corrected chi connectivity index (χ4v) is 1.88. The van der Waals surface area contributed by atoms with Gasteiger partial charge in [-0.25, -0.2) is 4.98 Å². The molecule has 0 aliphatic carbocycles. The molecule has 90 valence electrons. The van der Waals surface area contributed by atoms with Gasteiger partial charge in [0, 0.05) is 17.0 Å². The largest absolute Gasteiger partial charge is 0.481 e. The number of fused-ring (bicyclic) bond motifs is 1. The van der Waals surface area contributed by atoms with Crippen LogP contribution in [0.4, 0.5) is 0 Å². The molecular weight excluding hydrogens is 212 g/mol. The number of hydrogen-bond donors (Lipinski definition) is 1. The van der Waals surface area contributed by atoms with Gasteiger partial charge >= 0.3 is 0 Å². The quantitative estimate of drug-likeness (QED) is 0.878. The third-order valence-corrected chi connectivity index (χ3v) is 2.83. The van der Waals surface area contributed by atoms with Crippen LogP contribution in [-0.2, 0) is 6.42 Å². The summed E-state index contributed by atoms with van der Waals surface area (Å²) in [6.07, 6.45) is 1.84. The number of nitrogens with two attached hydrogens (primary N) is 1. The van der Waals surface area contributed by atoms with E-state index in [-0.39, 0.29) is 6.04 Å². The molecule has 1 aromatic carbocycles. The highest BCUT2D eigenvalue weighted by Gasteiger charge is 2.07. The molecule has 0 saturated carbocycles. The van der Waals surface area contributed by atoms with Crippen molar-refractivity contribution < 1.29 is 4.74 Å². The van der Waals surface area contributed by atoms with E-state index in [2.05, 4.69) is 17.1 Å². The predicted octanol–water partition coefficient (Wildman–Crippen LogP) is 2.52. The molecule has 1 heterocycles. The summed E-state index contributed by atoms with van der Waals surface area (Å²) in [7, 11) is 1.66. The lowest BCUT2D eigenvalue weighted by atomic mass is 10.1. The maximum Gasteiger partial charge on any atom is 0.216 e. The third-order valence-electron chi connectivity index (χ3n) is 2.83. The van der Waals surface area contributed by atoms with Crippen LogP contribution < -0.4 is 10.5 Å². The minimum absolute atomic E-state index is 0.200. The predicted molar refractivity (Wildman–Crippen MR) is 70.3 cm³/mol. The molecule has 2 aromatic rings. The monoisotopic (exact) mass is 230 g/mol. The molecule has 0 aliphatic heterocycles. The average Bonchev–Trinajstić information content (AvgIpc) is 2.35. The first-order valence-corrected chi connectivity index (χ1v) is 5.89. The van der Waals surface area contributed by atoms with Crippen LogP contribution >= 0.6 is 0 Å². The van der Waals surface area contributed by atoms with Crippen molar-refractivity contribution in [1.29, 1.82) is 0 Å². The summed E-state index contributed by atoms with van der Waals surface area (Å²) in [6.45, 7) is 2.01. The molecule has 0 radical (unpaired) electrons. The molecule has 0 fully saturated rings. The molecule has 2 rings (SSSR count). The fourth-order valence-electron chi connectivity index (χ4n) is 1.88. The Kier molecular flexibility index (Phi) is 3.59. The Bertz CT molecular complexity index is 509. The number of pyridine rings is 1. The van der Waals surface area contributed by atoms with Crippen LogP contribution in [0.25, 0.3) is 10.9 Å². The topological polar surface area (TPSA) is 48.1 Å². The van der Waals surface area contributed by atoms with Crippen molar-refractivity contribution in [3.63, 3.8) is 0 Å². The van der Waals surface area contributed by atoms with Gasteiger partial charge in [-0.15, -0.1) is 0 Å². The summed E-state index contributed by atoms with van der Waals surface area (Å²) in [5, 5.41) is 1.15. The number of nitrogens with zero attached hydrogens (tertiary/aromatic N) is 1. The van der Waals surface area contributed by atoms with Gasteiger partial charge in [0.15, 0.2) is 0 Å². The Hall–Kier alpha value is -1.61. The summed E-state index contributed by atoms with van der Waals surface area (Å²) < 4.78 is 5.33. The van der Waals surface area contributed by atoms with E-state index in [1.807, 2.05) is 25.1 Å². The number of hydrogen-bond acceptors (Lipinski definition) is 3. The number of methoxy groups -OCH3 is 1. The summed E-state index contributed by atoms with van der Waals surface area (Å²) in [5.41, 5.74) is 7.88. The standard InChI is InChI=1S/C14H18N2O/c1-10(15)7-8-12-9-11-5-3-4-6-13(11)16-14(12)17-2/h3-6,9-10H,7-8,15H2,1-2H3. The second kappa shape index (κ2) is 5.15. The van der Waals surface area contributed by atoms with Crippen molar-refractivity contribution in [1.82, 2.24) is 4.98 Å². The minimum Gasteiger partial charge on any atom is -0.481 e. The molecule has 0 amide bonds. The lowest BCUT2D eigenvalue weighted by Crippen LogP contribution is -2.15. The Labute approximate surface area is 102 Å². The molecule has 1 atom stereocenters. The van der Waals surface area contributed by atoms with Gasteiger partial charge in [-0.1, -0.05) is 18.2 Å². The highest BCUT2D eigenvalue weighted by molar-refractivity contribution is 5.80. The Morgan fingerprint density at radius 1 is 1.35 bits per heavy atom. The van der Waals surface area contributed by atoms with E-state index < -0.39 is 0 Å². The van der Waals surface area contributed by atoms with Crippen LogP contribution in [0.15, 0.2) is 30.3 Å².